The van der Waals surface area contributed by atoms with Crippen LogP contribution in [0.4, 0.5) is 23.1 Å². The fourth-order valence-electron chi connectivity index (χ4n) is 2.78. The summed E-state index contributed by atoms with van der Waals surface area (Å²) in [4.78, 5) is 41.4. The number of amides is 4. The molecule has 0 bridgehead atoms. The van der Waals surface area contributed by atoms with E-state index in [0.29, 0.717) is 16.4 Å². The molecule has 4 amide bonds. The van der Waals surface area contributed by atoms with E-state index < -0.39 is 29.6 Å². The van der Waals surface area contributed by atoms with Crippen LogP contribution in [0.25, 0.3) is 0 Å². The van der Waals surface area contributed by atoms with Gasteiger partial charge in [-0.2, -0.15) is 0 Å². The second-order valence-electron chi connectivity index (χ2n) is 6.34. The van der Waals surface area contributed by atoms with Crippen LogP contribution in [-0.2, 0) is 21.7 Å². The molecule has 29 heavy (non-hydrogen) atoms. The zero-order valence-electron chi connectivity index (χ0n) is 15.2. The molecule has 0 spiro atoms. The maximum atomic E-state index is 12.9. The number of urea groups is 1. The van der Waals surface area contributed by atoms with Gasteiger partial charge in [0.25, 0.3) is 5.91 Å². The number of alkyl halides is 3. The van der Waals surface area contributed by atoms with Gasteiger partial charge in [0.1, 0.15) is 11.3 Å². The van der Waals surface area contributed by atoms with Gasteiger partial charge in [-0.25, -0.2) is 9.78 Å². The number of thiazole rings is 1. The van der Waals surface area contributed by atoms with Crippen molar-refractivity contribution in [3.8, 4) is 5.75 Å². The Morgan fingerprint density at radius 3 is 2.55 bits per heavy atom. The number of hydrogen-bond acceptors (Lipinski definition) is 6. The molecule has 2 heterocycles. The molecule has 8 nitrogen and oxygen atoms in total. The average Bonchev–Trinajstić information content (AvgIpc) is 3.12. The van der Waals surface area contributed by atoms with E-state index in [2.05, 4.69) is 20.4 Å². The summed E-state index contributed by atoms with van der Waals surface area (Å²) in [7, 11) is 0. The Morgan fingerprint density at radius 2 is 1.97 bits per heavy atom. The number of rotatable bonds is 5. The smallest absolute Gasteiger partial charge is 0.406 e. The van der Waals surface area contributed by atoms with E-state index >= 15 is 0 Å². The summed E-state index contributed by atoms with van der Waals surface area (Å²) in [5.74, 6) is -1.32. The van der Waals surface area contributed by atoms with Crippen molar-refractivity contribution < 1.29 is 32.3 Å². The molecular formula is C17H15F3N4O4S. The van der Waals surface area contributed by atoms with Crippen molar-refractivity contribution in [3.05, 3.63) is 40.9 Å². The van der Waals surface area contributed by atoms with E-state index in [1.807, 2.05) is 0 Å². The molecule has 12 heteroatoms. The Labute approximate surface area is 166 Å². The topological polar surface area (TPSA) is 101 Å². The highest BCUT2D eigenvalue weighted by Crippen LogP contribution is 2.32. The van der Waals surface area contributed by atoms with E-state index in [1.165, 1.54) is 26.0 Å². The molecule has 154 valence electrons. The van der Waals surface area contributed by atoms with Crippen LogP contribution >= 0.6 is 11.3 Å². The van der Waals surface area contributed by atoms with E-state index in [4.69, 9.17) is 0 Å². The van der Waals surface area contributed by atoms with Crippen LogP contribution in [0.15, 0.2) is 29.6 Å². The van der Waals surface area contributed by atoms with Gasteiger partial charge in [-0.3, -0.25) is 14.5 Å². The van der Waals surface area contributed by atoms with Gasteiger partial charge in [-0.15, -0.1) is 24.5 Å². The van der Waals surface area contributed by atoms with Gasteiger partial charge in [0.05, 0.1) is 12.2 Å². The van der Waals surface area contributed by atoms with E-state index in [-0.39, 0.29) is 12.5 Å². The van der Waals surface area contributed by atoms with Gasteiger partial charge < -0.3 is 15.4 Å². The number of imide groups is 1. The molecule has 1 aromatic carbocycles. The fourth-order valence-corrected chi connectivity index (χ4v) is 3.52. The summed E-state index contributed by atoms with van der Waals surface area (Å²) in [5, 5.41) is 7.00. The third-order valence-corrected chi connectivity index (χ3v) is 4.90. The molecule has 0 aliphatic carbocycles. The average molecular weight is 428 g/mol. The van der Waals surface area contributed by atoms with E-state index in [9.17, 15) is 27.6 Å². The number of benzene rings is 1. The number of halogens is 3. The standard InChI is InChI=1S/C17H15F3N4O4S/c1-9(25)21-14-22-11(8-29-14)7-24-13(26)16(2,23-15(24)27)10-3-5-12(6-4-10)28-17(18,19)20/h3-6,8H,7H2,1-2H3,(H,23,27)(H,21,22,25). The lowest BCUT2D eigenvalue weighted by Gasteiger charge is -2.22. The van der Waals surface area contributed by atoms with Crippen LogP contribution in [0, 0.1) is 0 Å². The number of anilines is 1. The van der Waals surface area contributed by atoms with Crippen LogP contribution in [0.5, 0.6) is 5.75 Å². The number of ether oxygens (including phenoxy) is 1. The predicted molar refractivity (Wildman–Crippen MR) is 96.0 cm³/mol. The summed E-state index contributed by atoms with van der Waals surface area (Å²) in [6.07, 6.45) is -4.83. The predicted octanol–water partition coefficient (Wildman–Crippen LogP) is 2.97. The maximum absolute atomic E-state index is 12.9. The minimum absolute atomic E-state index is 0.119. The van der Waals surface area contributed by atoms with Crippen LogP contribution in [-0.4, -0.2) is 34.1 Å². The molecule has 1 aliphatic rings. The van der Waals surface area contributed by atoms with Gasteiger partial charge in [0.2, 0.25) is 5.91 Å². The number of carbonyl (C=O) groups excluding carboxylic acids is 3. The first-order chi connectivity index (χ1) is 13.5. The van der Waals surface area contributed by atoms with Crippen molar-refractivity contribution in [1.29, 1.82) is 0 Å². The third kappa shape index (κ3) is 4.47. The monoisotopic (exact) mass is 428 g/mol. The molecule has 0 radical (unpaired) electrons. The zero-order valence-corrected chi connectivity index (χ0v) is 16.0. The largest absolute Gasteiger partial charge is 0.573 e. The van der Waals surface area contributed by atoms with Crippen LogP contribution < -0.4 is 15.4 Å². The summed E-state index contributed by atoms with van der Waals surface area (Å²) >= 11 is 1.15. The summed E-state index contributed by atoms with van der Waals surface area (Å²) in [5.41, 5.74) is -0.754. The van der Waals surface area contributed by atoms with Crippen LogP contribution in [0.2, 0.25) is 0 Å². The Balaban J connectivity index is 1.76. The second kappa shape index (κ2) is 7.35. The summed E-state index contributed by atoms with van der Waals surface area (Å²) in [6.45, 7) is 2.66. The number of carbonyl (C=O) groups is 3. The highest BCUT2D eigenvalue weighted by Gasteiger charge is 2.49. The Bertz CT molecular complexity index is 960. The van der Waals surface area contributed by atoms with Crippen molar-refractivity contribution >= 4 is 34.3 Å². The fraction of sp³-hybridized carbons (Fsp3) is 0.294. The van der Waals surface area contributed by atoms with E-state index in [0.717, 1.165) is 28.4 Å². The number of hydrogen-bond donors (Lipinski definition) is 2. The van der Waals surface area contributed by atoms with Gasteiger partial charge in [-0.05, 0) is 24.6 Å². The molecule has 2 N–H and O–H groups in total. The van der Waals surface area contributed by atoms with Crippen molar-refractivity contribution in [2.45, 2.75) is 32.3 Å². The van der Waals surface area contributed by atoms with Crippen LogP contribution in [0.3, 0.4) is 0 Å². The van der Waals surface area contributed by atoms with Gasteiger partial charge in [-0.1, -0.05) is 12.1 Å². The van der Waals surface area contributed by atoms with Crippen LogP contribution in [0.1, 0.15) is 25.1 Å². The van der Waals surface area contributed by atoms with Crippen molar-refractivity contribution in [2.75, 3.05) is 5.32 Å². The quantitative estimate of drug-likeness (QED) is 0.714. The highest BCUT2D eigenvalue weighted by atomic mass is 32.1. The lowest BCUT2D eigenvalue weighted by molar-refractivity contribution is -0.274. The highest BCUT2D eigenvalue weighted by molar-refractivity contribution is 7.13. The molecule has 1 unspecified atom stereocenters. The van der Waals surface area contributed by atoms with Gasteiger partial charge in [0.15, 0.2) is 5.13 Å². The lowest BCUT2D eigenvalue weighted by atomic mass is 9.92. The molecule has 2 aromatic rings. The molecule has 1 atom stereocenters. The first kappa shape index (κ1) is 20.6. The first-order valence-electron chi connectivity index (χ1n) is 8.20. The van der Waals surface area contributed by atoms with Crippen molar-refractivity contribution in [2.24, 2.45) is 0 Å². The Hall–Kier alpha value is -3.15. The molecule has 1 fully saturated rings. The number of nitrogens with zero attached hydrogens (tertiary/aromatic N) is 2. The summed E-state index contributed by atoms with van der Waals surface area (Å²) in [6, 6.07) is 4.02. The molecular weight excluding hydrogens is 413 g/mol. The second-order valence-corrected chi connectivity index (χ2v) is 7.20. The minimum Gasteiger partial charge on any atom is -0.406 e. The maximum Gasteiger partial charge on any atom is 0.573 e. The Kier molecular flexibility index (Phi) is 5.22. The summed E-state index contributed by atoms with van der Waals surface area (Å²) < 4.78 is 40.7. The normalized spacial score (nSPS) is 19.3. The van der Waals surface area contributed by atoms with Gasteiger partial charge >= 0.3 is 12.4 Å². The van der Waals surface area contributed by atoms with Gasteiger partial charge in [0, 0.05) is 12.3 Å². The number of nitrogens with one attached hydrogen (secondary N) is 2. The molecule has 1 saturated heterocycles. The number of aromatic nitrogens is 1. The Morgan fingerprint density at radius 1 is 1.31 bits per heavy atom. The van der Waals surface area contributed by atoms with Crippen molar-refractivity contribution in [3.63, 3.8) is 0 Å². The molecule has 0 saturated carbocycles. The molecule has 3 rings (SSSR count). The molecule has 1 aromatic heterocycles. The van der Waals surface area contributed by atoms with Crippen molar-refractivity contribution in [1.82, 2.24) is 15.2 Å². The minimum atomic E-state index is -4.83. The van der Waals surface area contributed by atoms with E-state index in [1.54, 1.807) is 5.38 Å². The third-order valence-electron chi connectivity index (χ3n) is 4.10. The lowest BCUT2D eigenvalue weighted by Crippen LogP contribution is -2.40. The molecule has 1 aliphatic heterocycles. The first-order valence-corrected chi connectivity index (χ1v) is 9.08. The zero-order chi connectivity index (χ0) is 21.4. The SMILES string of the molecule is CC(=O)Nc1nc(CN2C(=O)NC(C)(c3ccc(OC(F)(F)F)cc3)C2=O)cs1.